The second kappa shape index (κ2) is 7.58. The van der Waals surface area contributed by atoms with Crippen molar-refractivity contribution < 1.29 is 28.9 Å². The van der Waals surface area contributed by atoms with Gasteiger partial charge in [-0.15, -0.1) is 0 Å². The van der Waals surface area contributed by atoms with Gasteiger partial charge >= 0.3 is 0 Å². The number of carbonyl (C=O) groups is 2. The third-order valence-corrected chi connectivity index (χ3v) is 4.37. The van der Waals surface area contributed by atoms with Crippen molar-refractivity contribution in [2.75, 3.05) is 20.8 Å². The number of Topliss-reactive ketones (excluding diaryl/α,β-unsaturated/α-hetero) is 2. The zero-order chi connectivity index (χ0) is 18.7. The molecule has 1 aliphatic heterocycles. The Morgan fingerprint density at radius 2 is 1.92 bits per heavy atom. The largest absolute Gasteiger partial charge is 0.497 e. The Morgan fingerprint density at radius 3 is 2.54 bits per heavy atom. The van der Waals surface area contributed by atoms with E-state index in [-0.39, 0.29) is 31.0 Å². The number of methoxy groups -OCH3 is 2. The third-order valence-electron chi connectivity index (χ3n) is 4.37. The van der Waals surface area contributed by atoms with Crippen LogP contribution < -0.4 is 14.2 Å². The van der Waals surface area contributed by atoms with Gasteiger partial charge < -0.3 is 19.3 Å². The van der Waals surface area contributed by atoms with Gasteiger partial charge in [-0.1, -0.05) is 12.1 Å². The fraction of sp³-hybridized carbons (Fsp3) is 0.300. The highest BCUT2D eigenvalue weighted by molar-refractivity contribution is 6.04. The summed E-state index contributed by atoms with van der Waals surface area (Å²) in [5.74, 6) is 1.03. The Morgan fingerprint density at radius 1 is 1.19 bits per heavy atom. The van der Waals surface area contributed by atoms with Crippen LogP contribution in [0.4, 0.5) is 0 Å². The normalized spacial score (nSPS) is 15.8. The van der Waals surface area contributed by atoms with E-state index in [0.29, 0.717) is 22.6 Å². The number of aliphatic hydroxyl groups is 1. The van der Waals surface area contributed by atoms with Crippen LogP contribution in [0.15, 0.2) is 36.4 Å². The van der Waals surface area contributed by atoms with Gasteiger partial charge in [-0.3, -0.25) is 9.59 Å². The van der Waals surface area contributed by atoms with Crippen molar-refractivity contribution in [1.82, 2.24) is 0 Å². The fourth-order valence-corrected chi connectivity index (χ4v) is 2.98. The van der Waals surface area contributed by atoms with Crippen molar-refractivity contribution in [2.24, 2.45) is 0 Å². The average molecular weight is 356 g/mol. The molecule has 0 saturated heterocycles. The summed E-state index contributed by atoms with van der Waals surface area (Å²) in [6.45, 7) is -0.257. The van der Waals surface area contributed by atoms with Gasteiger partial charge in [-0.05, 0) is 29.8 Å². The quantitative estimate of drug-likeness (QED) is 0.802. The molecule has 0 saturated carbocycles. The molecule has 1 atom stereocenters. The molecule has 1 heterocycles. The molecule has 0 spiro atoms. The molecule has 0 amide bonds. The van der Waals surface area contributed by atoms with Crippen LogP contribution in [-0.4, -0.2) is 37.5 Å². The van der Waals surface area contributed by atoms with E-state index >= 15 is 0 Å². The second-order valence-corrected chi connectivity index (χ2v) is 5.95. The maximum absolute atomic E-state index is 12.6. The van der Waals surface area contributed by atoms with E-state index in [0.717, 1.165) is 11.3 Å². The number of hydrogen-bond donors (Lipinski definition) is 1. The second-order valence-electron chi connectivity index (χ2n) is 5.95. The first kappa shape index (κ1) is 17.9. The molecule has 0 aliphatic carbocycles. The number of rotatable bonds is 6. The van der Waals surface area contributed by atoms with E-state index in [1.165, 1.54) is 19.2 Å². The Kier molecular flexibility index (Phi) is 5.23. The monoisotopic (exact) mass is 356 g/mol. The maximum atomic E-state index is 12.6. The summed E-state index contributed by atoms with van der Waals surface area (Å²) >= 11 is 0. The highest BCUT2D eigenvalue weighted by Gasteiger charge is 2.30. The summed E-state index contributed by atoms with van der Waals surface area (Å²) in [6.07, 6.45) is -0.257. The van der Waals surface area contributed by atoms with E-state index in [9.17, 15) is 9.59 Å². The molecule has 0 radical (unpaired) electrons. The SMILES string of the molecule is COc1ccc(C2CC(=O)c3cc(OC)c(C(=O)CCO)cc3O2)cc1. The van der Waals surface area contributed by atoms with Crippen LogP contribution in [0.3, 0.4) is 0 Å². The molecule has 1 N–H and O–H groups in total. The van der Waals surface area contributed by atoms with Crippen LogP contribution in [0.1, 0.15) is 45.2 Å². The third kappa shape index (κ3) is 3.41. The number of fused-ring (bicyclic) bond motifs is 1. The van der Waals surface area contributed by atoms with E-state index in [4.69, 9.17) is 19.3 Å². The first-order valence-corrected chi connectivity index (χ1v) is 8.27. The molecule has 0 aromatic heterocycles. The van der Waals surface area contributed by atoms with Gasteiger partial charge in [0, 0.05) is 6.42 Å². The zero-order valence-electron chi connectivity index (χ0n) is 14.7. The van der Waals surface area contributed by atoms with Gasteiger partial charge in [0.15, 0.2) is 11.6 Å². The number of ether oxygens (including phenoxy) is 3. The maximum Gasteiger partial charge on any atom is 0.170 e. The van der Waals surface area contributed by atoms with Gasteiger partial charge in [-0.2, -0.15) is 0 Å². The smallest absolute Gasteiger partial charge is 0.170 e. The van der Waals surface area contributed by atoms with Crippen molar-refractivity contribution in [3.05, 3.63) is 53.1 Å². The number of benzene rings is 2. The molecular formula is C20H20O6. The lowest BCUT2D eigenvalue weighted by Crippen LogP contribution is -2.21. The molecule has 2 aromatic carbocycles. The molecule has 0 fully saturated rings. The summed E-state index contributed by atoms with van der Waals surface area (Å²) in [4.78, 5) is 24.8. The van der Waals surface area contributed by atoms with Gasteiger partial charge in [0.1, 0.15) is 23.4 Å². The van der Waals surface area contributed by atoms with Crippen LogP contribution in [0.25, 0.3) is 0 Å². The van der Waals surface area contributed by atoms with E-state index in [2.05, 4.69) is 0 Å². The minimum absolute atomic E-state index is 0.0228. The van der Waals surface area contributed by atoms with Crippen LogP contribution in [0.5, 0.6) is 17.2 Å². The highest BCUT2D eigenvalue weighted by atomic mass is 16.5. The van der Waals surface area contributed by atoms with Crippen molar-refractivity contribution in [3.8, 4) is 17.2 Å². The van der Waals surface area contributed by atoms with Gasteiger partial charge in [0.2, 0.25) is 0 Å². The van der Waals surface area contributed by atoms with Crippen molar-refractivity contribution in [3.63, 3.8) is 0 Å². The molecular weight excluding hydrogens is 336 g/mol. The van der Waals surface area contributed by atoms with Crippen LogP contribution >= 0.6 is 0 Å². The number of ketones is 2. The molecule has 6 heteroatoms. The average Bonchev–Trinajstić information content (AvgIpc) is 2.67. The molecule has 1 unspecified atom stereocenters. The van der Waals surface area contributed by atoms with Crippen LogP contribution in [0.2, 0.25) is 0 Å². The predicted octanol–water partition coefficient (Wildman–Crippen LogP) is 2.98. The minimum Gasteiger partial charge on any atom is -0.497 e. The summed E-state index contributed by atoms with van der Waals surface area (Å²) < 4.78 is 16.4. The standard InChI is InChI=1S/C20H20O6/c1-24-13-5-3-12(4-6-13)18-11-17(23)15-9-19(25-2)14(10-20(15)26-18)16(22)7-8-21/h3-6,9-10,18,21H,7-8,11H2,1-2H3. The van der Waals surface area contributed by atoms with Crippen molar-refractivity contribution >= 4 is 11.6 Å². The first-order valence-electron chi connectivity index (χ1n) is 8.27. The van der Waals surface area contributed by atoms with Gasteiger partial charge in [0.25, 0.3) is 0 Å². The molecule has 2 aromatic rings. The predicted molar refractivity (Wildman–Crippen MR) is 94.3 cm³/mol. The summed E-state index contributed by atoms with van der Waals surface area (Å²) in [7, 11) is 3.02. The summed E-state index contributed by atoms with van der Waals surface area (Å²) in [5, 5.41) is 9.02. The Hall–Kier alpha value is -2.86. The van der Waals surface area contributed by atoms with E-state index in [1.54, 1.807) is 7.11 Å². The number of aliphatic hydroxyl groups excluding tert-OH is 1. The van der Waals surface area contributed by atoms with E-state index < -0.39 is 6.10 Å². The molecule has 26 heavy (non-hydrogen) atoms. The highest BCUT2D eigenvalue weighted by Crippen LogP contribution is 2.39. The number of carbonyl (C=O) groups excluding carboxylic acids is 2. The lowest BCUT2D eigenvalue weighted by molar-refractivity contribution is 0.0844. The number of hydrogen-bond acceptors (Lipinski definition) is 6. The van der Waals surface area contributed by atoms with Crippen LogP contribution in [0, 0.1) is 0 Å². The zero-order valence-corrected chi connectivity index (χ0v) is 14.7. The lowest BCUT2D eigenvalue weighted by Gasteiger charge is -2.26. The Labute approximate surface area is 151 Å². The minimum atomic E-state index is -0.435. The molecule has 3 rings (SSSR count). The van der Waals surface area contributed by atoms with E-state index in [1.807, 2.05) is 24.3 Å². The van der Waals surface area contributed by atoms with Crippen molar-refractivity contribution in [2.45, 2.75) is 18.9 Å². The topological polar surface area (TPSA) is 82.1 Å². The fourth-order valence-electron chi connectivity index (χ4n) is 2.98. The van der Waals surface area contributed by atoms with Gasteiger partial charge in [-0.25, -0.2) is 0 Å². The first-order chi connectivity index (χ1) is 12.6. The van der Waals surface area contributed by atoms with Gasteiger partial charge in [0.05, 0.1) is 38.4 Å². The lowest BCUT2D eigenvalue weighted by atomic mass is 9.94. The summed E-state index contributed by atoms with van der Waals surface area (Å²) in [6, 6.07) is 10.4. The molecule has 6 nitrogen and oxygen atoms in total. The Bertz CT molecular complexity index is 825. The molecule has 0 bridgehead atoms. The molecule has 1 aliphatic rings. The summed E-state index contributed by atoms with van der Waals surface area (Å²) in [5.41, 5.74) is 1.54. The Balaban J connectivity index is 1.96. The van der Waals surface area contributed by atoms with Crippen molar-refractivity contribution in [1.29, 1.82) is 0 Å². The van der Waals surface area contributed by atoms with Crippen LogP contribution in [-0.2, 0) is 0 Å². The molecule has 136 valence electrons.